The van der Waals surface area contributed by atoms with Crippen molar-refractivity contribution in [1.82, 2.24) is 0 Å². The first-order valence-electron chi connectivity index (χ1n) is 7.35. The fraction of sp³-hybridized carbons (Fsp3) is 0.278. The molecule has 4 nitrogen and oxygen atoms in total. The first-order chi connectivity index (χ1) is 11.0. The monoisotopic (exact) mass is 317 g/mol. The van der Waals surface area contributed by atoms with E-state index in [2.05, 4.69) is 4.74 Å². The standard InChI is InChI=1S/C18H20FNO3/c1-12-7-16(5-3-14(12)4-6-18(21)22-2)23-17-9-13(11-20)8-15(19)10-17/h3,5,7-10H,4,6,11,20H2,1-2H3. The number of nitrogens with two attached hydrogens (primary N) is 1. The Bertz CT molecular complexity index is 701. The highest BCUT2D eigenvalue weighted by Crippen LogP contribution is 2.26. The second kappa shape index (κ2) is 7.74. The normalized spacial score (nSPS) is 10.4. The molecule has 5 heteroatoms. The van der Waals surface area contributed by atoms with Gasteiger partial charge in [-0.15, -0.1) is 0 Å². The molecular weight excluding hydrogens is 297 g/mol. The summed E-state index contributed by atoms with van der Waals surface area (Å²) in [6.45, 7) is 2.19. The zero-order chi connectivity index (χ0) is 16.8. The van der Waals surface area contributed by atoms with Crippen LogP contribution in [0.2, 0.25) is 0 Å². The molecule has 0 heterocycles. The zero-order valence-electron chi connectivity index (χ0n) is 13.3. The number of benzene rings is 2. The van der Waals surface area contributed by atoms with Crippen molar-refractivity contribution in [2.75, 3.05) is 7.11 Å². The molecule has 0 saturated carbocycles. The molecule has 2 aromatic carbocycles. The van der Waals surface area contributed by atoms with Crippen LogP contribution in [0.3, 0.4) is 0 Å². The molecule has 0 bridgehead atoms. The first kappa shape index (κ1) is 17.0. The number of halogens is 1. The van der Waals surface area contributed by atoms with Crippen LogP contribution in [0.4, 0.5) is 4.39 Å². The second-order valence-electron chi connectivity index (χ2n) is 5.27. The third-order valence-electron chi connectivity index (χ3n) is 3.54. The van der Waals surface area contributed by atoms with Crippen LogP contribution in [0.25, 0.3) is 0 Å². The van der Waals surface area contributed by atoms with E-state index in [1.165, 1.54) is 19.2 Å². The van der Waals surface area contributed by atoms with Crippen LogP contribution in [0.15, 0.2) is 36.4 Å². The van der Waals surface area contributed by atoms with Gasteiger partial charge >= 0.3 is 5.97 Å². The highest BCUT2D eigenvalue weighted by Gasteiger charge is 2.07. The van der Waals surface area contributed by atoms with Crippen LogP contribution in [0, 0.1) is 12.7 Å². The van der Waals surface area contributed by atoms with Crippen molar-refractivity contribution in [3.63, 3.8) is 0 Å². The van der Waals surface area contributed by atoms with E-state index in [9.17, 15) is 9.18 Å². The molecular formula is C18H20FNO3. The molecule has 0 radical (unpaired) electrons. The van der Waals surface area contributed by atoms with Crippen LogP contribution >= 0.6 is 0 Å². The van der Waals surface area contributed by atoms with Gasteiger partial charge in [0.1, 0.15) is 17.3 Å². The summed E-state index contributed by atoms with van der Waals surface area (Å²) in [5, 5.41) is 0. The largest absolute Gasteiger partial charge is 0.469 e. The van der Waals surface area contributed by atoms with Gasteiger partial charge in [-0.05, 0) is 54.3 Å². The minimum atomic E-state index is -0.380. The molecule has 0 amide bonds. The van der Waals surface area contributed by atoms with Gasteiger partial charge in [0.05, 0.1) is 7.11 Å². The highest BCUT2D eigenvalue weighted by atomic mass is 19.1. The Morgan fingerprint density at radius 3 is 2.61 bits per heavy atom. The predicted molar refractivity (Wildman–Crippen MR) is 85.9 cm³/mol. The minimum Gasteiger partial charge on any atom is -0.469 e. The molecule has 2 rings (SSSR count). The number of aryl methyl sites for hydroxylation is 2. The number of ether oxygens (including phenoxy) is 2. The van der Waals surface area contributed by atoms with Gasteiger partial charge in [0, 0.05) is 19.0 Å². The Kier molecular flexibility index (Phi) is 5.71. The van der Waals surface area contributed by atoms with Crippen LogP contribution in [-0.2, 0) is 22.5 Å². The summed E-state index contributed by atoms with van der Waals surface area (Å²) in [4.78, 5) is 11.2. The van der Waals surface area contributed by atoms with E-state index in [4.69, 9.17) is 10.5 Å². The molecule has 0 aliphatic carbocycles. The quantitative estimate of drug-likeness (QED) is 0.829. The summed E-state index contributed by atoms with van der Waals surface area (Å²) in [7, 11) is 1.38. The average Bonchev–Trinajstić information content (AvgIpc) is 2.53. The zero-order valence-corrected chi connectivity index (χ0v) is 13.3. The molecule has 122 valence electrons. The molecule has 2 aromatic rings. The summed E-state index contributed by atoms with van der Waals surface area (Å²) in [6, 6.07) is 9.97. The molecule has 0 spiro atoms. The number of carbonyl (C=O) groups excluding carboxylic acids is 1. The van der Waals surface area contributed by atoms with Crippen molar-refractivity contribution in [1.29, 1.82) is 0 Å². The third kappa shape index (κ3) is 4.79. The molecule has 0 aromatic heterocycles. The topological polar surface area (TPSA) is 61.5 Å². The third-order valence-corrected chi connectivity index (χ3v) is 3.54. The van der Waals surface area contributed by atoms with Crippen molar-refractivity contribution in [3.05, 3.63) is 58.9 Å². The molecule has 0 fully saturated rings. The predicted octanol–water partition coefficient (Wildman–Crippen LogP) is 3.49. The minimum absolute atomic E-state index is 0.237. The van der Waals surface area contributed by atoms with Crippen LogP contribution < -0.4 is 10.5 Å². The lowest BCUT2D eigenvalue weighted by atomic mass is 10.0. The number of carbonyl (C=O) groups is 1. The van der Waals surface area contributed by atoms with Gasteiger partial charge in [0.15, 0.2) is 0 Å². The summed E-state index contributed by atoms with van der Waals surface area (Å²) in [5.74, 6) is 0.401. The Morgan fingerprint density at radius 1 is 1.17 bits per heavy atom. The van der Waals surface area contributed by atoms with E-state index < -0.39 is 0 Å². The molecule has 2 N–H and O–H groups in total. The average molecular weight is 317 g/mol. The van der Waals surface area contributed by atoms with Gasteiger partial charge in [-0.2, -0.15) is 0 Å². The van der Waals surface area contributed by atoms with Gasteiger partial charge < -0.3 is 15.2 Å². The van der Waals surface area contributed by atoms with E-state index in [0.717, 1.165) is 11.1 Å². The molecule has 23 heavy (non-hydrogen) atoms. The van der Waals surface area contributed by atoms with E-state index >= 15 is 0 Å². The lowest BCUT2D eigenvalue weighted by Crippen LogP contribution is -2.03. The molecule has 0 aliphatic heterocycles. The summed E-state index contributed by atoms with van der Waals surface area (Å²) >= 11 is 0. The van der Waals surface area contributed by atoms with E-state index in [-0.39, 0.29) is 18.3 Å². The fourth-order valence-electron chi connectivity index (χ4n) is 2.28. The molecule has 0 atom stereocenters. The maximum atomic E-state index is 13.5. The van der Waals surface area contributed by atoms with Crippen molar-refractivity contribution < 1.29 is 18.7 Å². The summed E-state index contributed by atoms with van der Waals surface area (Å²) in [5.41, 5.74) is 8.25. The van der Waals surface area contributed by atoms with Gasteiger partial charge in [-0.1, -0.05) is 6.07 Å². The van der Waals surface area contributed by atoms with Crippen molar-refractivity contribution in [2.24, 2.45) is 5.73 Å². The molecule has 0 aliphatic rings. The van der Waals surface area contributed by atoms with E-state index in [0.29, 0.717) is 29.9 Å². The second-order valence-corrected chi connectivity index (χ2v) is 5.27. The molecule has 0 saturated heterocycles. The number of hydrogen-bond donors (Lipinski definition) is 1. The Hall–Kier alpha value is -2.40. The Morgan fingerprint density at radius 2 is 1.96 bits per heavy atom. The van der Waals surface area contributed by atoms with Gasteiger partial charge in [-0.25, -0.2) is 4.39 Å². The summed E-state index contributed by atoms with van der Waals surface area (Å²) < 4.78 is 23.8. The van der Waals surface area contributed by atoms with Crippen molar-refractivity contribution in [3.8, 4) is 11.5 Å². The highest BCUT2D eigenvalue weighted by molar-refractivity contribution is 5.69. The molecule has 0 unspecified atom stereocenters. The van der Waals surface area contributed by atoms with E-state index in [1.807, 2.05) is 19.1 Å². The Labute approximate surface area is 135 Å². The van der Waals surface area contributed by atoms with Crippen LogP contribution in [0.5, 0.6) is 11.5 Å². The number of rotatable bonds is 6. The van der Waals surface area contributed by atoms with Crippen LogP contribution in [0.1, 0.15) is 23.1 Å². The lowest BCUT2D eigenvalue weighted by Gasteiger charge is -2.11. The SMILES string of the molecule is COC(=O)CCc1ccc(Oc2cc(F)cc(CN)c2)cc1C. The van der Waals surface area contributed by atoms with Crippen LogP contribution in [-0.4, -0.2) is 13.1 Å². The lowest BCUT2D eigenvalue weighted by molar-refractivity contribution is -0.140. The Balaban J connectivity index is 2.11. The fourth-order valence-corrected chi connectivity index (χ4v) is 2.28. The number of esters is 1. The maximum Gasteiger partial charge on any atom is 0.305 e. The van der Waals surface area contributed by atoms with Gasteiger partial charge in [-0.3, -0.25) is 4.79 Å². The van der Waals surface area contributed by atoms with Gasteiger partial charge in [0.25, 0.3) is 0 Å². The van der Waals surface area contributed by atoms with Crippen molar-refractivity contribution >= 4 is 5.97 Å². The first-order valence-corrected chi connectivity index (χ1v) is 7.35. The van der Waals surface area contributed by atoms with Crippen molar-refractivity contribution in [2.45, 2.75) is 26.3 Å². The maximum absolute atomic E-state index is 13.5. The van der Waals surface area contributed by atoms with Gasteiger partial charge in [0.2, 0.25) is 0 Å². The number of methoxy groups -OCH3 is 1. The smallest absolute Gasteiger partial charge is 0.305 e. The number of hydrogen-bond acceptors (Lipinski definition) is 4. The summed E-state index contributed by atoms with van der Waals surface area (Å²) in [6.07, 6.45) is 0.942. The van der Waals surface area contributed by atoms with E-state index in [1.54, 1.807) is 12.1 Å².